The van der Waals surface area contributed by atoms with Crippen LogP contribution in [0.4, 0.5) is 0 Å². The molecule has 4 heteroatoms. The maximum atomic E-state index is 12.0. The van der Waals surface area contributed by atoms with E-state index in [2.05, 4.69) is 6.07 Å². The lowest BCUT2D eigenvalue weighted by atomic mass is 10.00. The molecule has 0 bridgehead atoms. The number of aryl methyl sites for hydroxylation is 2. The largest absolute Gasteiger partial charge is 0.493 e. The first kappa shape index (κ1) is 16.5. The maximum absolute atomic E-state index is 12.0. The van der Waals surface area contributed by atoms with Crippen molar-refractivity contribution < 1.29 is 9.53 Å². The van der Waals surface area contributed by atoms with Crippen molar-refractivity contribution in [1.82, 2.24) is 4.98 Å². The Kier molecular flexibility index (Phi) is 4.54. The van der Waals surface area contributed by atoms with Gasteiger partial charge in [-0.2, -0.15) is 0 Å². The lowest BCUT2D eigenvalue weighted by molar-refractivity contribution is 0.108. The Labute approximate surface area is 146 Å². The molecule has 3 nitrogen and oxygen atoms in total. The monoisotopic (exact) mass is 339 g/mol. The highest BCUT2D eigenvalue weighted by atomic mass is 35.5. The number of rotatable bonds is 4. The normalized spacial score (nSPS) is 10.8. The molecule has 3 aromatic rings. The third-order valence-corrected chi connectivity index (χ3v) is 4.13. The molecule has 0 atom stereocenters. The van der Waals surface area contributed by atoms with Crippen LogP contribution in [-0.2, 0) is 0 Å². The predicted octanol–water partition coefficient (Wildman–Crippen LogP) is 5.30. The first-order chi connectivity index (χ1) is 11.5. The van der Waals surface area contributed by atoms with Gasteiger partial charge in [0.15, 0.2) is 0 Å². The van der Waals surface area contributed by atoms with Crippen molar-refractivity contribution in [3.05, 3.63) is 59.2 Å². The third-order valence-electron chi connectivity index (χ3n) is 3.92. The van der Waals surface area contributed by atoms with Gasteiger partial charge in [-0.05, 0) is 62.2 Å². The van der Waals surface area contributed by atoms with Crippen molar-refractivity contribution in [3.63, 3.8) is 0 Å². The zero-order valence-electron chi connectivity index (χ0n) is 13.9. The van der Waals surface area contributed by atoms with Gasteiger partial charge < -0.3 is 4.74 Å². The van der Waals surface area contributed by atoms with E-state index in [1.54, 1.807) is 6.07 Å². The molecule has 0 aliphatic rings. The fraction of sp³-hybridized carbons (Fsp3) is 0.200. The number of hydrogen-bond acceptors (Lipinski definition) is 3. The topological polar surface area (TPSA) is 39.2 Å². The molecule has 3 rings (SSSR count). The van der Waals surface area contributed by atoms with Crippen molar-refractivity contribution >= 4 is 27.7 Å². The summed E-state index contributed by atoms with van der Waals surface area (Å²) in [5.41, 5.74) is 4.87. The number of ether oxygens (including phenoxy) is 1. The number of fused-ring (bicyclic) bond motifs is 1. The second-order valence-corrected chi connectivity index (χ2v) is 6.08. The van der Waals surface area contributed by atoms with Gasteiger partial charge >= 0.3 is 0 Å². The molecule has 0 unspecified atom stereocenters. The summed E-state index contributed by atoms with van der Waals surface area (Å²) in [6, 6.07) is 13.4. The number of nitrogens with zero attached hydrogens (tertiary/aromatic N) is 1. The van der Waals surface area contributed by atoms with Gasteiger partial charge in [-0.15, -0.1) is 0 Å². The summed E-state index contributed by atoms with van der Waals surface area (Å²) in [5.74, 6) is 0.740. The van der Waals surface area contributed by atoms with Crippen LogP contribution in [0.2, 0.25) is 0 Å². The summed E-state index contributed by atoms with van der Waals surface area (Å²) in [7, 11) is 0. The Bertz CT molecular complexity index is 934. The fourth-order valence-electron chi connectivity index (χ4n) is 2.94. The molecule has 1 heterocycles. The first-order valence-corrected chi connectivity index (χ1v) is 8.23. The molecule has 24 heavy (non-hydrogen) atoms. The number of aromatic nitrogens is 1. The van der Waals surface area contributed by atoms with E-state index in [4.69, 9.17) is 21.3 Å². The van der Waals surface area contributed by atoms with Gasteiger partial charge in [-0.1, -0.05) is 23.8 Å². The Morgan fingerprint density at radius 1 is 1.17 bits per heavy atom. The minimum Gasteiger partial charge on any atom is -0.493 e. The summed E-state index contributed by atoms with van der Waals surface area (Å²) < 4.78 is 5.70. The number of para-hydroxylation sites is 1. The molecule has 0 saturated heterocycles. The number of carbonyl (C=O) groups excluding carboxylic acids is 1. The van der Waals surface area contributed by atoms with Crippen LogP contribution in [0, 0.1) is 13.8 Å². The van der Waals surface area contributed by atoms with Crippen LogP contribution in [0.15, 0.2) is 42.5 Å². The lowest BCUT2D eigenvalue weighted by Crippen LogP contribution is -2.00. The quantitative estimate of drug-likeness (QED) is 0.606. The van der Waals surface area contributed by atoms with Crippen LogP contribution in [-0.4, -0.2) is 16.8 Å². The van der Waals surface area contributed by atoms with E-state index in [1.165, 1.54) is 0 Å². The minimum atomic E-state index is -0.484. The molecule has 122 valence electrons. The minimum absolute atomic E-state index is 0.467. The standard InChI is InChI=1S/C20H18ClNO2/c1-4-24-18-8-6-5-7-14(18)17-11-16(20(21)23)15-10-12(2)9-13(3)19(15)22-17/h5-11H,4H2,1-3H3. The van der Waals surface area contributed by atoms with Crippen LogP contribution in [0.3, 0.4) is 0 Å². The van der Waals surface area contributed by atoms with Crippen LogP contribution < -0.4 is 4.74 Å². The van der Waals surface area contributed by atoms with E-state index >= 15 is 0 Å². The molecular formula is C20H18ClNO2. The van der Waals surface area contributed by atoms with E-state index in [0.717, 1.165) is 33.3 Å². The van der Waals surface area contributed by atoms with Gasteiger partial charge in [0.1, 0.15) is 5.75 Å². The third kappa shape index (κ3) is 3.00. The number of carbonyl (C=O) groups is 1. The molecule has 1 aromatic heterocycles. The molecule has 0 fully saturated rings. The molecule has 0 aliphatic heterocycles. The highest BCUT2D eigenvalue weighted by Crippen LogP contribution is 2.33. The summed E-state index contributed by atoms with van der Waals surface area (Å²) in [4.78, 5) is 16.8. The zero-order chi connectivity index (χ0) is 17.3. The van der Waals surface area contributed by atoms with Gasteiger partial charge in [-0.25, -0.2) is 4.98 Å². The second-order valence-electron chi connectivity index (χ2n) is 5.74. The molecule has 0 aliphatic carbocycles. The Balaban J connectivity index is 2.33. The van der Waals surface area contributed by atoms with E-state index in [9.17, 15) is 4.79 Å². The fourth-order valence-corrected chi connectivity index (χ4v) is 3.10. The summed E-state index contributed by atoms with van der Waals surface area (Å²) >= 11 is 5.85. The van der Waals surface area contributed by atoms with Crippen molar-refractivity contribution in [2.75, 3.05) is 6.61 Å². The Morgan fingerprint density at radius 2 is 1.92 bits per heavy atom. The second kappa shape index (κ2) is 6.62. The highest BCUT2D eigenvalue weighted by molar-refractivity contribution is 6.68. The summed E-state index contributed by atoms with van der Waals surface area (Å²) in [5, 5.41) is 0.299. The van der Waals surface area contributed by atoms with Gasteiger partial charge in [0.05, 0.1) is 17.8 Å². The SMILES string of the molecule is CCOc1ccccc1-c1cc(C(=O)Cl)c2cc(C)cc(C)c2n1. The highest BCUT2D eigenvalue weighted by Gasteiger charge is 2.16. The molecule has 0 N–H and O–H groups in total. The van der Waals surface area contributed by atoms with Gasteiger partial charge in [-0.3, -0.25) is 4.79 Å². The Morgan fingerprint density at radius 3 is 2.62 bits per heavy atom. The smallest absolute Gasteiger partial charge is 0.253 e. The average molecular weight is 340 g/mol. The first-order valence-electron chi connectivity index (χ1n) is 7.85. The lowest BCUT2D eigenvalue weighted by Gasteiger charge is -2.13. The van der Waals surface area contributed by atoms with Crippen molar-refractivity contribution in [2.24, 2.45) is 0 Å². The number of hydrogen-bond donors (Lipinski definition) is 0. The van der Waals surface area contributed by atoms with Crippen LogP contribution in [0.1, 0.15) is 28.4 Å². The molecule has 0 radical (unpaired) electrons. The van der Waals surface area contributed by atoms with Gasteiger partial charge in [0, 0.05) is 16.5 Å². The van der Waals surface area contributed by atoms with Gasteiger partial charge in [0.2, 0.25) is 0 Å². The number of benzene rings is 2. The molecular weight excluding hydrogens is 322 g/mol. The maximum Gasteiger partial charge on any atom is 0.253 e. The molecule has 0 amide bonds. The van der Waals surface area contributed by atoms with Crippen LogP contribution in [0.5, 0.6) is 5.75 Å². The van der Waals surface area contributed by atoms with Gasteiger partial charge in [0.25, 0.3) is 5.24 Å². The van der Waals surface area contributed by atoms with E-state index < -0.39 is 5.24 Å². The van der Waals surface area contributed by atoms with E-state index in [0.29, 0.717) is 17.9 Å². The Hall–Kier alpha value is -2.39. The average Bonchev–Trinajstić information content (AvgIpc) is 2.55. The number of pyridine rings is 1. The number of halogens is 1. The van der Waals surface area contributed by atoms with Crippen LogP contribution in [0.25, 0.3) is 22.2 Å². The summed E-state index contributed by atoms with van der Waals surface area (Å²) in [6.45, 7) is 6.48. The van der Waals surface area contributed by atoms with Crippen LogP contribution >= 0.6 is 11.6 Å². The van der Waals surface area contributed by atoms with E-state index in [1.807, 2.05) is 51.1 Å². The zero-order valence-corrected chi connectivity index (χ0v) is 14.6. The summed E-state index contributed by atoms with van der Waals surface area (Å²) in [6.07, 6.45) is 0. The molecule has 0 spiro atoms. The van der Waals surface area contributed by atoms with Crippen molar-refractivity contribution in [1.29, 1.82) is 0 Å². The van der Waals surface area contributed by atoms with Crippen molar-refractivity contribution in [3.8, 4) is 17.0 Å². The van der Waals surface area contributed by atoms with E-state index in [-0.39, 0.29) is 0 Å². The molecule has 2 aromatic carbocycles. The molecule has 0 saturated carbocycles. The van der Waals surface area contributed by atoms with Crippen molar-refractivity contribution in [2.45, 2.75) is 20.8 Å². The predicted molar refractivity (Wildman–Crippen MR) is 98.0 cm³/mol.